The number of carbonyl (C=O) groups excluding carboxylic acids is 1. The summed E-state index contributed by atoms with van der Waals surface area (Å²) in [6, 6.07) is 3.81. The summed E-state index contributed by atoms with van der Waals surface area (Å²) >= 11 is 6.02. The first-order chi connectivity index (χ1) is 17.3. The summed E-state index contributed by atoms with van der Waals surface area (Å²) in [6.07, 6.45) is -1.42. The molecule has 1 aromatic carbocycles. The van der Waals surface area contributed by atoms with Gasteiger partial charge in [-0.05, 0) is 75.8 Å². The van der Waals surface area contributed by atoms with Crippen LogP contribution < -0.4 is 4.74 Å². The molecule has 4 rings (SSSR count). The van der Waals surface area contributed by atoms with Crippen molar-refractivity contribution < 1.29 is 27.4 Å². The van der Waals surface area contributed by atoms with E-state index in [0.29, 0.717) is 30.7 Å². The number of likely N-dealkylation sites (tertiary alicyclic amines) is 1. The molecule has 0 spiro atoms. The van der Waals surface area contributed by atoms with Crippen LogP contribution in [0, 0.1) is 5.92 Å². The zero-order valence-electron chi connectivity index (χ0n) is 21.1. The fraction of sp³-hybridized carbons (Fsp3) is 0.520. The molecule has 1 aliphatic rings. The maximum absolute atomic E-state index is 14.0. The van der Waals surface area contributed by atoms with Crippen LogP contribution in [0.25, 0.3) is 22.4 Å². The second-order valence-electron chi connectivity index (χ2n) is 10.1. The van der Waals surface area contributed by atoms with Crippen LogP contribution in [0.1, 0.15) is 45.6 Å². The number of carbonyl (C=O) groups is 1. The van der Waals surface area contributed by atoms with Crippen molar-refractivity contribution >= 4 is 28.9 Å². The fourth-order valence-electron chi connectivity index (χ4n) is 4.27. The molecule has 1 saturated heterocycles. The summed E-state index contributed by atoms with van der Waals surface area (Å²) in [4.78, 5) is 26.3. The molecule has 12 heteroatoms. The van der Waals surface area contributed by atoms with Gasteiger partial charge in [0.15, 0.2) is 5.65 Å². The first-order valence-corrected chi connectivity index (χ1v) is 12.4. The quantitative estimate of drug-likeness (QED) is 0.363. The van der Waals surface area contributed by atoms with Crippen LogP contribution in [-0.2, 0) is 18.0 Å². The standard InChI is InChI=1S/C25H29ClF3N5O3/c1-24(2,3)37-23(35)34-10-7-15(8-11-34)9-12-36-18-6-5-16(13-17(18)25(27,28)29)19-20-21(32-22(26)31-19)33(4)14-30-20/h5-6,13-15H,7-12H2,1-4H3. The highest BCUT2D eigenvalue weighted by molar-refractivity contribution is 6.28. The number of hydrogen-bond donors (Lipinski definition) is 0. The van der Waals surface area contributed by atoms with Gasteiger partial charge in [0.1, 0.15) is 22.6 Å². The van der Waals surface area contributed by atoms with E-state index in [-0.39, 0.29) is 40.9 Å². The number of nitrogens with zero attached hydrogens (tertiary/aromatic N) is 5. The lowest BCUT2D eigenvalue weighted by Gasteiger charge is -2.33. The molecule has 0 atom stereocenters. The highest BCUT2D eigenvalue weighted by atomic mass is 35.5. The molecular formula is C25H29ClF3N5O3. The number of aryl methyl sites for hydroxylation is 1. The summed E-state index contributed by atoms with van der Waals surface area (Å²) in [5.74, 6) is -0.00671. The van der Waals surface area contributed by atoms with Crippen molar-refractivity contribution in [3.05, 3.63) is 35.4 Å². The molecule has 1 fully saturated rings. The van der Waals surface area contributed by atoms with Crippen LogP contribution in [0.15, 0.2) is 24.5 Å². The van der Waals surface area contributed by atoms with Crippen LogP contribution in [0.3, 0.4) is 0 Å². The number of halogens is 4. The number of benzene rings is 1. The third-order valence-corrected chi connectivity index (χ3v) is 6.31. The van der Waals surface area contributed by atoms with E-state index in [4.69, 9.17) is 21.1 Å². The number of aromatic nitrogens is 4. The number of amides is 1. The molecule has 2 aromatic heterocycles. The van der Waals surface area contributed by atoms with E-state index in [1.807, 2.05) is 20.8 Å². The Bertz CT molecular complexity index is 1280. The number of fused-ring (bicyclic) bond motifs is 1. The second-order valence-corrected chi connectivity index (χ2v) is 10.5. The molecule has 0 bridgehead atoms. The number of rotatable bonds is 5. The predicted octanol–water partition coefficient (Wildman–Crippen LogP) is 6.12. The third kappa shape index (κ3) is 6.44. The summed E-state index contributed by atoms with van der Waals surface area (Å²) in [5.41, 5.74) is -0.264. The van der Waals surface area contributed by atoms with Crippen LogP contribution >= 0.6 is 11.6 Å². The van der Waals surface area contributed by atoms with Crippen molar-refractivity contribution in [3.8, 4) is 17.0 Å². The zero-order chi connectivity index (χ0) is 27.0. The van der Waals surface area contributed by atoms with E-state index in [1.54, 1.807) is 16.5 Å². The van der Waals surface area contributed by atoms with Gasteiger partial charge >= 0.3 is 12.3 Å². The minimum Gasteiger partial charge on any atom is -0.493 e. The van der Waals surface area contributed by atoms with Crippen LogP contribution in [-0.4, -0.2) is 55.8 Å². The Kier molecular flexibility index (Phi) is 7.55. The van der Waals surface area contributed by atoms with Gasteiger partial charge in [0.25, 0.3) is 0 Å². The number of piperidine rings is 1. The number of imidazole rings is 1. The lowest BCUT2D eigenvalue weighted by Crippen LogP contribution is -2.41. The van der Waals surface area contributed by atoms with Crippen molar-refractivity contribution in [2.45, 2.75) is 51.8 Å². The average Bonchev–Trinajstić information content (AvgIpc) is 3.18. The van der Waals surface area contributed by atoms with Crippen LogP contribution in [0.2, 0.25) is 5.28 Å². The highest BCUT2D eigenvalue weighted by Crippen LogP contribution is 2.40. The first-order valence-electron chi connectivity index (χ1n) is 12.0. The molecule has 0 N–H and O–H groups in total. The van der Waals surface area contributed by atoms with Crippen LogP contribution in [0.4, 0.5) is 18.0 Å². The molecule has 1 amide bonds. The molecule has 3 aromatic rings. The average molecular weight is 540 g/mol. The molecule has 0 aliphatic carbocycles. The first kappa shape index (κ1) is 27.0. The minimum absolute atomic E-state index is 0.0855. The van der Waals surface area contributed by atoms with Gasteiger partial charge < -0.3 is 18.9 Å². The summed E-state index contributed by atoms with van der Waals surface area (Å²) in [7, 11) is 1.71. The zero-order valence-corrected chi connectivity index (χ0v) is 21.9. The molecular weight excluding hydrogens is 511 g/mol. The summed E-state index contributed by atoms with van der Waals surface area (Å²) in [5, 5.41) is -0.0855. The Morgan fingerprint density at radius 2 is 1.86 bits per heavy atom. The third-order valence-electron chi connectivity index (χ3n) is 6.14. The molecule has 8 nitrogen and oxygen atoms in total. The molecule has 0 unspecified atom stereocenters. The molecule has 200 valence electrons. The summed E-state index contributed by atoms with van der Waals surface area (Å²) < 4.78 is 54.5. The van der Waals surface area contributed by atoms with Gasteiger partial charge in [0, 0.05) is 25.7 Å². The molecule has 37 heavy (non-hydrogen) atoms. The topological polar surface area (TPSA) is 82.4 Å². The van der Waals surface area contributed by atoms with E-state index in [9.17, 15) is 18.0 Å². The van der Waals surface area contributed by atoms with Gasteiger partial charge in [-0.2, -0.15) is 18.2 Å². The van der Waals surface area contributed by atoms with E-state index in [2.05, 4.69) is 15.0 Å². The SMILES string of the molecule is Cn1cnc2c(-c3ccc(OCCC4CCN(C(=O)OC(C)(C)C)CC4)c(C(F)(F)F)c3)nc(Cl)nc21. The number of ether oxygens (including phenoxy) is 2. The van der Waals surface area contributed by atoms with Crippen molar-refractivity contribution in [3.63, 3.8) is 0 Å². The van der Waals surface area contributed by atoms with Gasteiger partial charge in [-0.25, -0.2) is 14.8 Å². The Morgan fingerprint density at radius 3 is 2.51 bits per heavy atom. The normalized spacial score (nSPS) is 15.3. The van der Waals surface area contributed by atoms with Crippen molar-refractivity contribution in [1.82, 2.24) is 24.4 Å². The maximum atomic E-state index is 14.0. The second kappa shape index (κ2) is 10.4. The lowest BCUT2D eigenvalue weighted by molar-refractivity contribution is -0.138. The maximum Gasteiger partial charge on any atom is 0.419 e. The Labute approximate surface area is 217 Å². The lowest BCUT2D eigenvalue weighted by atomic mass is 9.94. The number of hydrogen-bond acceptors (Lipinski definition) is 6. The van der Waals surface area contributed by atoms with Gasteiger partial charge in [0.05, 0.1) is 18.5 Å². The van der Waals surface area contributed by atoms with E-state index in [1.165, 1.54) is 18.5 Å². The van der Waals surface area contributed by atoms with Crippen molar-refractivity contribution in [2.24, 2.45) is 13.0 Å². The van der Waals surface area contributed by atoms with Crippen LogP contribution in [0.5, 0.6) is 5.75 Å². The molecule has 3 heterocycles. The number of alkyl halides is 3. The largest absolute Gasteiger partial charge is 0.493 e. The fourth-order valence-corrected chi connectivity index (χ4v) is 4.44. The predicted molar refractivity (Wildman–Crippen MR) is 132 cm³/mol. The van der Waals surface area contributed by atoms with Crippen molar-refractivity contribution in [2.75, 3.05) is 19.7 Å². The Hall–Kier alpha value is -3.08. The van der Waals surface area contributed by atoms with E-state index in [0.717, 1.165) is 18.9 Å². The van der Waals surface area contributed by atoms with Crippen molar-refractivity contribution in [1.29, 1.82) is 0 Å². The Morgan fingerprint density at radius 1 is 1.16 bits per heavy atom. The monoisotopic (exact) mass is 539 g/mol. The molecule has 0 saturated carbocycles. The van der Waals surface area contributed by atoms with Gasteiger partial charge in [-0.15, -0.1) is 0 Å². The minimum atomic E-state index is -4.63. The van der Waals surface area contributed by atoms with Gasteiger partial charge in [-0.3, -0.25) is 0 Å². The van der Waals surface area contributed by atoms with Gasteiger partial charge in [0.2, 0.25) is 5.28 Å². The molecule has 0 radical (unpaired) electrons. The van der Waals surface area contributed by atoms with E-state index < -0.39 is 17.3 Å². The van der Waals surface area contributed by atoms with E-state index >= 15 is 0 Å². The van der Waals surface area contributed by atoms with Gasteiger partial charge in [-0.1, -0.05) is 0 Å². The summed E-state index contributed by atoms with van der Waals surface area (Å²) in [6.45, 7) is 6.68. The molecule has 1 aliphatic heterocycles. The highest BCUT2D eigenvalue weighted by Gasteiger charge is 2.35. The Balaban J connectivity index is 1.43. The smallest absolute Gasteiger partial charge is 0.419 e.